The SMILES string of the molecule is CC(=O)NN1C(=O)NC(C)(CCc2ccccc2)C1=O. The maximum Gasteiger partial charge on any atom is 0.344 e. The highest BCUT2D eigenvalue weighted by molar-refractivity contribution is 6.07. The number of nitrogens with zero attached hydrogens (tertiary/aromatic N) is 1. The van der Waals surface area contributed by atoms with Crippen LogP contribution in [0.2, 0.25) is 0 Å². The summed E-state index contributed by atoms with van der Waals surface area (Å²) in [6.45, 7) is 2.91. The van der Waals surface area contributed by atoms with Crippen molar-refractivity contribution in [1.29, 1.82) is 0 Å². The molecule has 1 aliphatic rings. The molecular weight excluding hydrogens is 258 g/mol. The summed E-state index contributed by atoms with van der Waals surface area (Å²) in [4.78, 5) is 34.9. The van der Waals surface area contributed by atoms with E-state index in [0.29, 0.717) is 12.8 Å². The third-order valence-corrected chi connectivity index (χ3v) is 3.29. The van der Waals surface area contributed by atoms with Gasteiger partial charge in [0.05, 0.1) is 0 Å². The summed E-state index contributed by atoms with van der Waals surface area (Å²) in [7, 11) is 0. The van der Waals surface area contributed by atoms with Crippen LogP contribution in [0.5, 0.6) is 0 Å². The van der Waals surface area contributed by atoms with E-state index in [1.165, 1.54) is 6.92 Å². The summed E-state index contributed by atoms with van der Waals surface area (Å²) in [5, 5.41) is 3.37. The minimum absolute atomic E-state index is 0.436. The molecule has 0 bridgehead atoms. The highest BCUT2D eigenvalue weighted by Gasteiger charge is 2.48. The first kappa shape index (κ1) is 14.0. The van der Waals surface area contributed by atoms with Crippen LogP contribution in [0.1, 0.15) is 25.8 Å². The Balaban J connectivity index is 2.05. The maximum absolute atomic E-state index is 12.2. The molecule has 1 saturated heterocycles. The Bertz CT molecular complexity index is 544. The van der Waals surface area contributed by atoms with E-state index in [2.05, 4.69) is 10.7 Å². The smallest absolute Gasteiger partial charge is 0.322 e. The monoisotopic (exact) mass is 275 g/mol. The van der Waals surface area contributed by atoms with Crippen LogP contribution in [0, 0.1) is 0 Å². The third-order valence-electron chi connectivity index (χ3n) is 3.29. The lowest BCUT2D eigenvalue weighted by molar-refractivity contribution is -0.138. The van der Waals surface area contributed by atoms with Gasteiger partial charge in [0.1, 0.15) is 5.54 Å². The predicted octanol–water partition coefficient (Wildman–Crippen LogP) is 0.981. The number of hydrogen-bond acceptors (Lipinski definition) is 3. The summed E-state index contributed by atoms with van der Waals surface area (Å²) in [5.74, 6) is -0.894. The van der Waals surface area contributed by atoms with Crippen LogP contribution >= 0.6 is 0 Å². The first-order valence-corrected chi connectivity index (χ1v) is 6.40. The number of urea groups is 1. The molecule has 6 nitrogen and oxygen atoms in total. The lowest BCUT2D eigenvalue weighted by atomic mass is 9.93. The standard InChI is InChI=1S/C14H17N3O3/c1-10(18)16-17-12(19)14(2,15-13(17)20)9-8-11-6-4-3-5-7-11/h3-7H,8-9H2,1-2H3,(H,15,20)(H,16,18). The first-order valence-electron chi connectivity index (χ1n) is 6.40. The van der Waals surface area contributed by atoms with Crippen LogP contribution in [-0.4, -0.2) is 28.4 Å². The van der Waals surface area contributed by atoms with Crippen LogP contribution in [0.25, 0.3) is 0 Å². The highest BCUT2D eigenvalue weighted by Crippen LogP contribution is 2.22. The minimum Gasteiger partial charge on any atom is -0.322 e. The molecule has 1 aliphatic heterocycles. The van der Waals surface area contributed by atoms with Crippen LogP contribution in [-0.2, 0) is 16.0 Å². The number of benzene rings is 1. The quantitative estimate of drug-likeness (QED) is 0.804. The van der Waals surface area contributed by atoms with Gasteiger partial charge in [0, 0.05) is 6.92 Å². The number of hydrazine groups is 1. The molecule has 106 valence electrons. The Kier molecular flexibility index (Phi) is 3.74. The number of carbonyl (C=O) groups excluding carboxylic acids is 3. The van der Waals surface area contributed by atoms with Gasteiger partial charge in [-0.25, -0.2) is 4.79 Å². The molecule has 1 aromatic carbocycles. The van der Waals surface area contributed by atoms with Crippen molar-refractivity contribution in [2.24, 2.45) is 0 Å². The van der Waals surface area contributed by atoms with Crippen molar-refractivity contribution in [2.45, 2.75) is 32.2 Å². The van der Waals surface area contributed by atoms with E-state index in [4.69, 9.17) is 0 Å². The fourth-order valence-electron chi connectivity index (χ4n) is 2.15. The molecule has 1 heterocycles. The zero-order valence-corrected chi connectivity index (χ0v) is 11.5. The van der Waals surface area contributed by atoms with Gasteiger partial charge in [-0.3, -0.25) is 15.0 Å². The van der Waals surface area contributed by atoms with E-state index < -0.39 is 23.4 Å². The van der Waals surface area contributed by atoms with Crippen molar-refractivity contribution in [3.8, 4) is 0 Å². The number of nitrogens with one attached hydrogen (secondary N) is 2. The van der Waals surface area contributed by atoms with Crippen LogP contribution < -0.4 is 10.7 Å². The lowest BCUT2D eigenvalue weighted by Crippen LogP contribution is -2.48. The largest absolute Gasteiger partial charge is 0.344 e. The molecule has 1 unspecified atom stereocenters. The molecule has 4 amide bonds. The summed E-state index contributed by atoms with van der Waals surface area (Å²) < 4.78 is 0. The second-order valence-electron chi connectivity index (χ2n) is 5.06. The zero-order chi connectivity index (χ0) is 14.8. The summed E-state index contributed by atoms with van der Waals surface area (Å²) >= 11 is 0. The summed E-state index contributed by atoms with van der Waals surface area (Å²) in [6, 6.07) is 9.12. The molecule has 0 aliphatic carbocycles. The van der Waals surface area contributed by atoms with Crippen LogP contribution in [0.15, 0.2) is 30.3 Å². The molecule has 2 N–H and O–H groups in total. The van der Waals surface area contributed by atoms with Crippen LogP contribution in [0.3, 0.4) is 0 Å². The molecule has 0 spiro atoms. The average Bonchev–Trinajstić information content (AvgIpc) is 2.62. The number of aryl methyl sites for hydroxylation is 1. The number of hydrogen-bond donors (Lipinski definition) is 2. The second kappa shape index (κ2) is 5.32. The molecule has 1 aromatic rings. The van der Waals surface area contributed by atoms with Crippen molar-refractivity contribution in [3.05, 3.63) is 35.9 Å². The average molecular weight is 275 g/mol. The molecule has 6 heteroatoms. The van der Waals surface area contributed by atoms with Crippen molar-refractivity contribution in [3.63, 3.8) is 0 Å². The second-order valence-corrected chi connectivity index (χ2v) is 5.06. The number of carbonyl (C=O) groups is 3. The zero-order valence-electron chi connectivity index (χ0n) is 11.5. The fourth-order valence-corrected chi connectivity index (χ4v) is 2.15. The van der Waals surface area contributed by atoms with Crippen LogP contribution in [0.4, 0.5) is 4.79 Å². The lowest BCUT2D eigenvalue weighted by Gasteiger charge is -2.21. The number of rotatable bonds is 4. The predicted molar refractivity (Wildman–Crippen MR) is 72.4 cm³/mol. The number of imide groups is 1. The fraction of sp³-hybridized carbons (Fsp3) is 0.357. The van der Waals surface area contributed by atoms with Gasteiger partial charge in [-0.15, -0.1) is 0 Å². The van der Waals surface area contributed by atoms with Gasteiger partial charge in [0.2, 0.25) is 5.91 Å². The Morgan fingerprint density at radius 3 is 2.55 bits per heavy atom. The molecule has 0 aromatic heterocycles. The summed E-state index contributed by atoms with van der Waals surface area (Å²) in [5.41, 5.74) is 2.33. The van der Waals surface area contributed by atoms with E-state index >= 15 is 0 Å². The molecule has 1 fully saturated rings. The molecule has 20 heavy (non-hydrogen) atoms. The molecule has 0 saturated carbocycles. The van der Waals surface area contributed by atoms with Crippen molar-refractivity contribution >= 4 is 17.8 Å². The Morgan fingerprint density at radius 1 is 1.30 bits per heavy atom. The van der Waals surface area contributed by atoms with E-state index in [1.54, 1.807) is 6.92 Å². The molecule has 2 rings (SSSR count). The minimum atomic E-state index is -0.991. The first-order chi connectivity index (χ1) is 9.42. The van der Waals surface area contributed by atoms with Gasteiger partial charge in [0.15, 0.2) is 0 Å². The highest BCUT2D eigenvalue weighted by atomic mass is 16.2. The van der Waals surface area contributed by atoms with Crippen molar-refractivity contribution in [1.82, 2.24) is 15.8 Å². The molecule has 1 atom stereocenters. The Morgan fingerprint density at radius 2 is 1.95 bits per heavy atom. The maximum atomic E-state index is 12.2. The Hall–Kier alpha value is -2.37. The van der Waals surface area contributed by atoms with Gasteiger partial charge in [-0.1, -0.05) is 30.3 Å². The van der Waals surface area contributed by atoms with E-state index in [-0.39, 0.29) is 0 Å². The van der Waals surface area contributed by atoms with Gasteiger partial charge in [0.25, 0.3) is 5.91 Å². The van der Waals surface area contributed by atoms with E-state index in [0.717, 1.165) is 10.6 Å². The van der Waals surface area contributed by atoms with Gasteiger partial charge < -0.3 is 5.32 Å². The van der Waals surface area contributed by atoms with Gasteiger partial charge >= 0.3 is 6.03 Å². The van der Waals surface area contributed by atoms with E-state index in [9.17, 15) is 14.4 Å². The molecule has 0 radical (unpaired) electrons. The Labute approximate surface area is 117 Å². The van der Waals surface area contributed by atoms with Gasteiger partial charge in [-0.05, 0) is 25.3 Å². The summed E-state index contributed by atoms with van der Waals surface area (Å²) in [6.07, 6.45) is 1.13. The number of amides is 4. The van der Waals surface area contributed by atoms with E-state index in [1.807, 2.05) is 30.3 Å². The van der Waals surface area contributed by atoms with Gasteiger partial charge in [-0.2, -0.15) is 5.01 Å². The van der Waals surface area contributed by atoms with Crippen molar-refractivity contribution < 1.29 is 14.4 Å². The molecular formula is C14H17N3O3. The topological polar surface area (TPSA) is 78.5 Å². The van der Waals surface area contributed by atoms with Crippen molar-refractivity contribution in [2.75, 3.05) is 0 Å². The normalized spacial score (nSPS) is 21.8. The third kappa shape index (κ3) is 2.79.